The lowest BCUT2D eigenvalue weighted by molar-refractivity contribution is -0.136. The number of aliphatic carboxylic acids is 1. The minimum Gasteiger partial charge on any atom is -0.481 e. The number of halogens is 2. The molecule has 1 heterocycles. The Morgan fingerprint density at radius 3 is 2.74 bits per heavy atom. The summed E-state index contributed by atoms with van der Waals surface area (Å²) in [6, 6.07) is 3.54. The highest BCUT2D eigenvalue weighted by Crippen LogP contribution is 2.21. The van der Waals surface area contributed by atoms with Crippen LogP contribution in [0.15, 0.2) is 24.4 Å². The lowest BCUT2D eigenvalue weighted by Gasteiger charge is -2.05. The number of aromatic nitrogens is 2. The van der Waals surface area contributed by atoms with Gasteiger partial charge in [0, 0.05) is 24.5 Å². The van der Waals surface area contributed by atoms with Crippen molar-refractivity contribution in [1.29, 1.82) is 0 Å². The summed E-state index contributed by atoms with van der Waals surface area (Å²) in [5.41, 5.74) is 1.17. The van der Waals surface area contributed by atoms with Crippen molar-refractivity contribution in [1.82, 2.24) is 9.55 Å². The van der Waals surface area contributed by atoms with E-state index >= 15 is 0 Å². The molecule has 0 radical (unpaired) electrons. The highest BCUT2D eigenvalue weighted by molar-refractivity contribution is 5.67. The van der Waals surface area contributed by atoms with Gasteiger partial charge < -0.3 is 9.67 Å². The van der Waals surface area contributed by atoms with E-state index in [1.54, 1.807) is 17.8 Å². The summed E-state index contributed by atoms with van der Waals surface area (Å²) in [5, 5.41) is 8.64. The zero-order chi connectivity index (χ0) is 14.0. The van der Waals surface area contributed by atoms with Crippen LogP contribution in [0.4, 0.5) is 8.78 Å². The number of imidazole rings is 1. The molecule has 0 aliphatic carbocycles. The van der Waals surface area contributed by atoms with Crippen LogP contribution in [0.3, 0.4) is 0 Å². The van der Waals surface area contributed by atoms with E-state index in [4.69, 9.17) is 5.11 Å². The molecule has 0 aliphatic rings. The monoisotopic (exact) mass is 266 g/mol. The second-order valence-corrected chi connectivity index (χ2v) is 4.15. The fraction of sp³-hybridized carbons (Fsp3) is 0.231. The first-order valence-corrected chi connectivity index (χ1v) is 5.67. The van der Waals surface area contributed by atoms with Crippen molar-refractivity contribution in [3.8, 4) is 11.4 Å². The number of benzene rings is 1. The smallest absolute Gasteiger partial charge is 0.303 e. The van der Waals surface area contributed by atoms with Crippen molar-refractivity contribution in [2.75, 3.05) is 0 Å². The number of nitrogens with zero attached hydrogens (tertiary/aromatic N) is 2. The average Bonchev–Trinajstić information content (AvgIpc) is 2.72. The van der Waals surface area contributed by atoms with Crippen LogP contribution in [0.1, 0.15) is 12.1 Å². The highest BCUT2D eigenvalue weighted by Gasteiger charge is 2.12. The average molecular weight is 266 g/mol. The summed E-state index contributed by atoms with van der Waals surface area (Å²) in [7, 11) is 1.71. The molecule has 0 saturated carbocycles. The van der Waals surface area contributed by atoms with Gasteiger partial charge in [-0.1, -0.05) is 0 Å². The van der Waals surface area contributed by atoms with Gasteiger partial charge in [-0.3, -0.25) is 4.79 Å². The Morgan fingerprint density at radius 2 is 2.11 bits per heavy atom. The SMILES string of the molecule is Cn1c(CCC(=O)O)cnc1-c1ccc(F)c(F)c1. The zero-order valence-corrected chi connectivity index (χ0v) is 10.2. The number of hydrogen-bond donors (Lipinski definition) is 1. The number of aryl methyl sites for hydroxylation is 1. The summed E-state index contributed by atoms with van der Waals surface area (Å²) >= 11 is 0. The molecule has 0 atom stereocenters. The number of carboxylic acids is 1. The quantitative estimate of drug-likeness (QED) is 0.924. The summed E-state index contributed by atoms with van der Waals surface area (Å²) in [5.74, 6) is -2.27. The molecule has 1 N–H and O–H groups in total. The first kappa shape index (κ1) is 13.2. The fourth-order valence-electron chi connectivity index (χ4n) is 1.82. The van der Waals surface area contributed by atoms with Gasteiger partial charge in [0.05, 0.1) is 6.42 Å². The van der Waals surface area contributed by atoms with Crippen LogP contribution in [0, 0.1) is 11.6 Å². The summed E-state index contributed by atoms with van der Waals surface area (Å²) in [4.78, 5) is 14.6. The van der Waals surface area contributed by atoms with Gasteiger partial charge >= 0.3 is 5.97 Å². The zero-order valence-electron chi connectivity index (χ0n) is 10.2. The van der Waals surface area contributed by atoms with E-state index in [1.807, 2.05) is 0 Å². The van der Waals surface area contributed by atoms with E-state index in [2.05, 4.69) is 4.98 Å². The molecule has 0 bridgehead atoms. The second-order valence-electron chi connectivity index (χ2n) is 4.15. The number of hydrogen-bond acceptors (Lipinski definition) is 2. The number of rotatable bonds is 4. The van der Waals surface area contributed by atoms with E-state index in [9.17, 15) is 13.6 Å². The van der Waals surface area contributed by atoms with Crippen LogP contribution in [-0.2, 0) is 18.3 Å². The Morgan fingerprint density at radius 1 is 1.37 bits per heavy atom. The predicted molar refractivity (Wildman–Crippen MR) is 64.5 cm³/mol. The first-order chi connectivity index (χ1) is 8.99. The molecule has 0 amide bonds. The molecule has 2 aromatic rings. The lowest BCUT2D eigenvalue weighted by atomic mass is 10.2. The van der Waals surface area contributed by atoms with Crippen molar-refractivity contribution >= 4 is 5.97 Å². The highest BCUT2D eigenvalue weighted by atomic mass is 19.2. The van der Waals surface area contributed by atoms with Crippen LogP contribution in [0.5, 0.6) is 0 Å². The molecule has 0 spiro atoms. The minimum atomic E-state index is -0.937. The molecule has 19 heavy (non-hydrogen) atoms. The molecular weight excluding hydrogens is 254 g/mol. The van der Waals surface area contributed by atoms with Crippen LogP contribution < -0.4 is 0 Å². The molecule has 100 valence electrons. The Kier molecular flexibility index (Phi) is 3.59. The van der Waals surface area contributed by atoms with Gasteiger partial charge in [-0.2, -0.15) is 0 Å². The van der Waals surface area contributed by atoms with Gasteiger partial charge in [-0.15, -0.1) is 0 Å². The van der Waals surface area contributed by atoms with Gasteiger partial charge in [0.25, 0.3) is 0 Å². The van der Waals surface area contributed by atoms with Crippen molar-refractivity contribution < 1.29 is 18.7 Å². The van der Waals surface area contributed by atoms with Crippen LogP contribution in [-0.4, -0.2) is 20.6 Å². The second kappa shape index (κ2) is 5.17. The van der Waals surface area contributed by atoms with Gasteiger partial charge in [0.2, 0.25) is 0 Å². The van der Waals surface area contributed by atoms with Gasteiger partial charge in [0.15, 0.2) is 11.6 Å². The molecule has 0 aliphatic heterocycles. The largest absolute Gasteiger partial charge is 0.481 e. The van der Waals surface area contributed by atoms with E-state index in [1.165, 1.54) is 6.07 Å². The van der Waals surface area contributed by atoms with E-state index in [-0.39, 0.29) is 6.42 Å². The fourth-order valence-corrected chi connectivity index (χ4v) is 1.82. The normalized spacial score (nSPS) is 10.7. The van der Waals surface area contributed by atoms with Crippen LogP contribution in [0.25, 0.3) is 11.4 Å². The molecule has 0 fully saturated rings. The van der Waals surface area contributed by atoms with E-state index in [0.29, 0.717) is 17.8 Å². The third-order valence-electron chi connectivity index (χ3n) is 2.86. The maximum atomic E-state index is 13.2. The molecule has 2 rings (SSSR count). The summed E-state index contributed by atoms with van der Waals surface area (Å²) in [6.45, 7) is 0. The Hall–Kier alpha value is -2.24. The Labute approximate surface area is 108 Å². The predicted octanol–water partition coefficient (Wildman–Crippen LogP) is 2.38. The van der Waals surface area contributed by atoms with E-state index in [0.717, 1.165) is 17.8 Å². The third-order valence-corrected chi connectivity index (χ3v) is 2.86. The first-order valence-electron chi connectivity index (χ1n) is 5.67. The van der Waals surface area contributed by atoms with Crippen molar-refractivity contribution in [2.45, 2.75) is 12.8 Å². The minimum absolute atomic E-state index is 0.00322. The molecule has 4 nitrogen and oxygen atoms in total. The molecule has 1 aromatic heterocycles. The molecule has 1 aromatic carbocycles. The molecule has 0 unspecified atom stereocenters. The molecular formula is C13H12F2N2O2. The van der Waals surface area contributed by atoms with Crippen LogP contribution >= 0.6 is 0 Å². The van der Waals surface area contributed by atoms with Crippen LogP contribution in [0.2, 0.25) is 0 Å². The van der Waals surface area contributed by atoms with E-state index < -0.39 is 17.6 Å². The lowest BCUT2D eigenvalue weighted by Crippen LogP contribution is -2.03. The van der Waals surface area contributed by atoms with Crippen molar-refractivity contribution in [3.63, 3.8) is 0 Å². The molecule has 0 saturated heterocycles. The van der Waals surface area contributed by atoms with Gasteiger partial charge in [-0.25, -0.2) is 13.8 Å². The molecule has 6 heteroatoms. The number of carbonyl (C=O) groups is 1. The maximum absolute atomic E-state index is 13.2. The van der Waals surface area contributed by atoms with Gasteiger partial charge in [-0.05, 0) is 24.6 Å². The number of carboxylic acid groups (broad SMARTS) is 1. The summed E-state index contributed by atoms with van der Waals surface area (Å²) in [6.07, 6.45) is 1.87. The van der Waals surface area contributed by atoms with Crippen molar-refractivity contribution in [3.05, 3.63) is 41.7 Å². The summed E-state index contributed by atoms with van der Waals surface area (Å²) < 4.78 is 27.7. The Bertz CT molecular complexity index is 623. The third kappa shape index (κ3) is 2.78. The van der Waals surface area contributed by atoms with Gasteiger partial charge in [0.1, 0.15) is 5.82 Å². The standard InChI is InChI=1S/C13H12F2N2O2/c1-17-9(3-5-12(18)19)7-16-13(17)8-2-4-10(14)11(15)6-8/h2,4,6-7H,3,5H2,1H3,(H,18,19). The topological polar surface area (TPSA) is 55.1 Å². The maximum Gasteiger partial charge on any atom is 0.303 e. The van der Waals surface area contributed by atoms with Crippen molar-refractivity contribution in [2.24, 2.45) is 7.05 Å². The Balaban J connectivity index is 2.30.